The normalized spacial score (nSPS) is 23.5. The van der Waals surface area contributed by atoms with Crippen molar-refractivity contribution in [2.75, 3.05) is 19.1 Å². The highest BCUT2D eigenvalue weighted by Gasteiger charge is 2.61. The van der Waals surface area contributed by atoms with Gasteiger partial charge in [0.05, 0.1) is 16.0 Å². The molecule has 5 rings (SSSR count). The van der Waals surface area contributed by atoms with E-state index in [4.69, 9.17) is 10.8 Å². The second-order valence-corrected chi connectivity index (χ2v) is 12.9. The molecule has 42 heavy (non-hydrogen) atoms. The van der Waals surface area contributed by atoms with E-state index in [2.05, 4.69) is 5.32 Å². The van der Waals surface area contributed by atoms with Crippen LogP contribution in [0.4, 0.5) is 8.78 Å². The number of benzene rings is 1. The lowest BCUT2D eigenvalue weighted by Gasteiger charge is -2.52. The van der Waals surface area contributed by atoms with Crippen LogP contribution in [-0.2, 0) is 11.2 Å². The Hall–Kier alpha value is -3.74. The number of nitrogens with zero attached hydrogens (tertiary/aromatic N) is 3. The van der Waals surface area contributed by atoms with Gasteiger partial charge in [-0.15, -0.1) is 0 Å². The second-order valence-electron chi connectivity index (χ2n) is 11.8. The maximum absolute atomic E-state index is 14.1. The Kier molecular flexibility index (Phi) is 7.45. The highest BCUT2D eigenvalue weighted by atomic mass is 32.2. The zero-order valence-electron chi connectivity index (χ0n) is 23.9. The smallest absolute Gasteiger partial charge is 0.278 e. The van der Waals surface area contributed by atoms with Crippen molar-refractivity contribution in [2.45, 2.75) is 64.1 Å². The minimum absolute atomic E-state index is 0.0200. The average Bonchev–Trinajstić information content (AvgIpc) is 3.64. The average molecular weight is 601 g/mol. The quantitative estimate of drug-likeness (QED) is 0.295. The van der Waals surface area contributed by atoms with Crippen LogP contribution in [0.15, 0.2) is 29.2 Å². The Morgan fingerprint density at radius 3 is 2.50 bits per heavy atom. The van der Waals surface area contributed by atoms with Gasteiger partial charge in [-0.1, -0.05) is 31.7 Å². The molecule has 2 heterocycles. The third-order valence-corrected chi connectivity index (χ3v) is 9.91. The van der Waals surface area contributed by atoms with E-state index in [0.717, 1.165) is 18.9 Å². The molecule has 0 radical (unpaired) electrons. The first-order valence-corrected chi connectivity index (χ1v) is 14.6. The van der Waals surface area contributed by atoms with Crippen LogP contribution < -0.4 is 15.8 Å². The number of thioether (sulfide) groups is 1. The second kappa shape index (κ2) is 10.5. The summed E-state index contributed by atoms with van der Waals surface area (Å²) in [7, 11) is 3.31. The molecule has 2 saturated carbocycles. The predicted molar refractivity (Wildman–Crippen MR) is 156 cm³/mol. The Balaban J connectivity index is 1.47. The topological polar surface area (TPSA) is 143 Å². The molecule has 1 aliphatic heterocycles. The van der Waals surface area contributed by atoms with Crippen LogP contribution in [0.2, 0.25) is 0 Å². The number of hydrogen-bond donors (Lipinski definition) is 4. The highest BCUT2D eigenvalue weighted by Crippen LogP contribution is 2.53. The Morgan fingerprint density at radius 2 is 1.88 bits per heavy atom. The minimum Gasteiger partial charge on any atom is -0.502 e. The number of rotatable bonds is 6. The lowest BCUT2D eigenvalue weighted by atomic mass is 9.74. The van der Waals surface area contributed by atoms with Crippen molar-refractivity contribution in [2.24, 2.45) is 11.3 Å². The van der Waals surface area contributed by atoms with E-state index in [1.165, 1.54) is 21.8 Å². The van der Waals surface area contributed by atoms with Crippen LogP contribution in [-0.4, -0.2) is 62.4 Å². The summed E-state index contributed by atoms with van der Waals surface area (Å²) < 4.78 is 28.7. The molecule has 2 unspecified atom stereocenters. The van der Waals surface area contributed by atoms with Gasteiger partial charge in [0.2, 0.25) is 11.3 Å². The number of halogens is 2. The Bertz CT molecular complexity index is 1570. The minimum atomic E-state index is -0.948. The summed E-state index contributed by atoms with van der Waals surface area (Å²) in [4.78, 5) is 41.8. The number of carbonyl (C=O) groups is 2. The van der Waals surface area contributed by atoms with Gasteiger partial charge in [0.1, 0.15) is 22.3 Å². The molecule has 2 aliphatic carbocycles. The van der Waals surface area contributed by atoms with Gasteiger partial charge < -0.3 is 15.3 Å². The van der Waals surface area contributed by atoms with Gasteiger partial charge in [-0.3, -0.25) is 34.9 Å². The van der Waals surface area contributed by atoms with Gasteiger partial charge in [-0.25, -0.2) is 8.78 Å². The van der Waals surface area contributed by atoms with Crippen LogP contribution in [0, 0.1) is 33.8 Å². The van der Waals surface area contributed by atoms with Crippen LogP contribution in [0.1, 0.15) is 67.6 Å². The molecule has 1 spiro atoms. The van der Waals surface area contributed by atoms with Crippen molar-refractivity contribution in [3.8, 4) is 5.75 Å². The summed E-state index contributed by atoms with van der Waals surface area (Å²) in [5.74, 6) is -3.04. The number of nitrogens with one attached hydrogen (secondary N) is 3. The van der Waals surface area contributed by atoms with E-state index in [-0.39, 0.29) is 51.2 Å². The van der Waals surface area contributed by atoms with E-state index in [0.29, 0.717) is 37.1 Å². The fourth-order valence-corrected chi connectivity index (χ4v) is 6.91. The van der Waals surface area contributed by atoms with Crippen molar-refractivity contribution in [1.29, 1.82) is 10.8 Å². The lowest BCUT2D eigenvalue weighted by Crippen LogP contribution is -2.67. The van der Waals surface area contributed by atoms with Crippen LogP contribution in [0.3, 0.4) is 0 Å². The molecule has 2 fully saturated rings. The number of aromatic nitrogens is 1. The number of carbonyl (C=O) groups excluding carboxylic acids is 2. The first-order chi connectivity index (χ1) is 19.7. The van der Waals surface area contributed by atoms with Crippen molar-refractivity contribution < 1.29 is 23.5 Å². The SMILES string of the molecule is CC(C)C1(C(=O)NC2CC2)CCC2(C1)N(C)C(=O)c1c(O)c(=O)c(C(=N)SC(=N)Cc3ccc(F)cc3F)cn1N2C. The molecule has 2 amide bonds. The molecule has 3 aliphatic rings. The Labute approximate surface area is 246 Å². The van der Waals surface area contributed by atoms with Crippen molar-refractivity contribution in [3.05, 3.63) is 63.1 Å². The summed E-state index contributed by atoms with van der Waals surface area (Å²) in [5.41, 5.74) is -3.08. The molecule has 0 bridgehead atoms. The van der Waals surface area contributed by atoms with E-state index in [1.54, 1.807) is 19.1 Å². The number of aromatic hydroxyl groups is 1. The van der Waals surface area contributed by atoms with Gasteiger partial charge in [0.25, 0.3) is 5.91 Å². The van der Waals surface area contributed by atoms with Gasteiger partial charge in [0, 0.05) is 45.2 Å². The lowest BCUT2D eigenvalue weighted by molar-refractivity contribution is -0.134. The van der Waals surface area contributed by atoms with E-state index >= 15 is 0 Å². The van der Waals surface area contributed by atoms with Gasteiger partial charge in [-0.2, -0.15) is 0 Å². The van der Waals surface area contributed by atoms with Crippen LogP contribution in [0.5, 0.6) is 5.75 Å². The van der Waals surface area contributed by atoms with E-state index in [1.807, 2.05) is 13.8 Å². The zero-order valence-corrected chi connectivity index (χ0v) is 24.7. The standard InChI is InChI=1S/C29H34F2N6O4S/c1-15(2)28(27(41)34-18-7-8-18)9-10-29(14-28)35(3)26(40)22-24(39)23(38)19(13-37(22)36(29)4)25(33)42-21(32)11-16-5-6-17(30)12-20(16)31/h5-6,12-13,15,18,32-33,39H,7-11,14H2,1-4H3,(H,34,41). The largest absolute Gasteiger partial charge is 0.502 e. The fourth-order valence-electron chi connectivity index (χ4n) is 6.18. The van der Waals surface area contributed by atoms with Crippen molar-refractivity contribution in [3.63, 3.8) is 0 Å². The summed E-state index contributed by atoms with van der Waals surface area (Å²) in [6, 6.07) is 3.17. The molecule has 1 aromatic heterocycles. The summed E-state index contributed by atoms with van der Waals surface area (Å²) in [6.07, 6.45) is 4.29. The molecule has 13 heteroatoms. The third-order valence-electron chi connectivity index (χ3n) is 9.10. The number of hydrogen-bond acceptors (Lipinski definition) is 8. The first kappa shape index (κ1) is 29.7. The third kappa shape index (κ3) is 4.77. The molecule has 224 valence electrons. The maximum atomic E-state index is 14.1. The van der Waals surface area contributed by atoms with Gasteiger partial charge >= 0.3 is 0 Å². The molecular weight excluding hydrogens is 566 g/mol. The maximum Gasteiger partial charge on any atom is 0.278 e. The zero-order chi connectivity index (χ0) is 30.7. The molecule has 10 nitrogen and oxygen atoms in total. The van der Waals surface area contributed by atoms with Crippen LogP contribution in [0.25, 0.3) is 0 Å². The molecule has 2 aromatic rings. The fraction of sp³-hybridized carbons (Fsp3) is 0.483. The Morgan fingerprint density at radius 1 is 1.19 bits per heavy atom. The predicted octanol–water partition coefficient (Wildman–Crippen LogP) is 3.57. The molecule has 4 N–H and O–H groups in total. The number of pyridine rings is 1. The number of fused-ring (bicyclic) bond motifs is 1. The molecular formula is C29H34F2N6O4S. The monoisotopic (exact) mass is 600 g/mol. The van der Waals surface area contributed by atoms with Gasteiger partial charge in [-0.05, 0) is 43.2 Å². The molecule has 0 saturated heterocycles. The van der Waals surface area contributed by atoms with E-state index < -0.39 is 39.8 Å². The molecule has 2 atom stereocenters. The van der Waals surface area contributed by atoms with Gasteiger partial charge in [0.15, 0.2) is 11.4 Å². The van der Waals surface area contributed by atoms with Crippen molar-refractivity contribution in [1.82, 2.24) is 14.9 Å². The summed E-state index contributed by atoms with van der Waals surface area (Å²) in [6.45, 7) is 3.99. The summed E-state index contributed by atoms with van der Waals surface area (Å²) in [5, 5.41) is 32.0. The van der Waals surface area contributed by atoms with E-state index in [9.17, 15) is 28.3 Å². The van der Waals surface area contributed by atoms with Crippen LogP contribution >= 0.6 is 11.8 Å². The highest BCUT2D eigenvalue weighted by molar-refractivity contribution is 8.26. The first-order valence-electron chi connectivity index (χ1n) is 13.8. The molecule has 1 aromatic carbocycles. The summed E-state index contributed by atoms with van der Waals surface area (Å²) >= 11 is 0.594. The van der Waals surface area contributed by atoms with Crippen molar-refractivity contribution >= 4 is 33.7 Å². The number of amides is 2.